The molecule has 1 rings (SSSR count). The molecule has 0 aliphatic carbocycles. The van der Waals surface area contributed by atoms with E-state index in [1.54, 1.807) is 0 Å². The predicted octanol–water partition coefficient (Wildman–Crippen LogP) is 0.715. The zero-order valence-corrected chi connectivity index (χ0v) is 19.6. The van der Waals surface area contributed by atoms with Gasteiger partial charge in [-0.05, 0) is 67.0 Å². The topological polar surface area (TPSA) is 84.8 Å². The van der Waals surface area contributed by atoms with Gasteiger partial charge in [0.05, 0.1) is 12.4 Å². The molecule has 0 aromatic rings. The number of ether oxygens (including phenoxy) is 2. The van der Waals surface area contributed by atoms with Crippen LogP contribution in [0.2, 0.25) is 0 Å². The molecule has 1 heterocycles. The summed E-state index contributed by atoms with van der Waals surface area (Å²) in [6, 6.07) is 0. The van der Waals surface area contributed by atoms with Crippen LogP contribution in [0.3, 0.4) is 0 Å². The van der Waals surface area contributed by atoms with Crippen molar-refractivity contribution in [2.45, 2.75) is 51.0 Å². The lowest BCUT2D eigenvalue weighted by Gasteiger charge is -2.44. The van der Waals surface area contributed by atoms with Gasteiger partial charge < -0.3 is 22.0 Å². The Kier molecular flexibility index (Phi) is 12.1. The van der Waals surface area contributed by atoms with Crippen molar-refractivity contribution in [3.63, 3.8) is 0 Å². The van der Waals surface area contributed by atoms with Crippen LogP contribution in [-0.2, 0) is 31.4 Å². The molecule has 0 aromatic carbocycles. The van der Waals surface area contributed by atoms with E-state index in [4.69, 9.17) is 35.3 Å². The molecule has 8 nitrogen and oxygen atoms in total. The zero-order valence-electron chi connectivity index (χ0n) is 22.4. The van der Waals surface area contributed by atoms with Crippen LogP contribution in [0.1, 0.15) is 20.3 Å². The van der Waals surface area contributed by atoms with Gasteiger partial charge in [-0.3, -0.25) is 0 Å². The fourth-order valence-corrected chi connectivity index (χ4v) is 4.18. The highest BCUT2D eigenvalue weighted by atomic mass is 32.2. The number of hydrogen-bond donors (Lipinski definition) is 1. The van der Waals surface area contributed by atoms with Crippen LogP contribution in [0.4, 0.5) is 0 Å². The normalized spacial score (nSPS) is 30.9. The van der Waals surface area contributed by atoms with Crippen molar-refractivity contribution < 1.29 is 36.7 Å². The van der Waals surface area contributed by atoms with Crippen molar-refractivity contribution in [1.29, 1.82) is 8.01 Å². The lowest BCUT2D eigenvalue weighted by molar-refractivity contribution is -0.432. The minimum absolute atomic E-state index is 0.0549. The first-order valence-corrected chi connectivity index (χ1v) is 12.6. The van der Waals surface area contributed by atoms with Crippen LogP contribution >= 0.6 is 48.2 Å². The minimum atomic E-state index is -1.12. The van der Waals surface area contributed by atoms with Gasteiger partial charge in [0.1, 0.15) is 41.6 Å². The molecule has 1 aliphatic heterocycles. The van der Waals surface area contributed by atoms with E-state index in [0.717, 1.165) is 54.6 Å². The Morgan fingerprint density at radius 1 is 1.07 bits per heavy atom. The molecule has 0 amide bonds. The maximum atomic E-state index is 8.49. The van der Waals surface area contributed by atoms with E-state index >= 15 is 0 Å². The lowest BCUT2D eigenvalue weighted by atomic mass is 10.00. The van der Waals surface area contributed by atoms with Gasteiger partial charge in [-0.15, -0.1) is 4.33 Å². The van der Waals surface area contributed by atoms with Crippen molar-refractivity contribution in [3.8, 4) is 0 Å². The molecule has 0 aromatic heterocycles. The van der Waals surface area contributed by atoms with E-state index in [-0.39, 0.29) is 28.6 Å². The van der Waals surface area contributed by atoms with E-state index in [0.29, 0.717) is 6.61 Å². The molecular formula is C14H31B3O8S4. The molecule has 168 valence electrons. The Balaban J connectivity index is 3.16. The lowest BCUT2D eigenvalue weighted by Crippen LogP contribution is -2.60. The second kappa shape index (κ2) is 17.8. The molecule has 1 fully saturated rings. The van der Waals surface area contributed by atoms with Crippen molar-refractivity contribution in [1.82, 2.24) is 0 Å². The highest BCUT2D eigenvalue weighted by Gasteiger charge is 2.50. The van der Waals surface area contributed by atoms with Gasteiger partial charge in [-0.1, -0.05) is 25.3 Å². The Morgan fingerprint density at radius 3 is 2.28 bits per heavy atom. The maximum Gasteiger partial charge on any atom is 0.188 e. The number of hydrogen-bond acceptors (Lipinski definition) is 12. The summed E-state index contributed by atoms with van der Waals surface area (Å²) >= 11 is 3.46. The van der Waals surface area contributed by atoms with E-state index in [1.165, 1.54) is 0 Å². The van der Waals surface area contributed by atoms with Gasteiger partial charge in [0.2, 0.25) is 0 Å². The molecule has 1 aliphatic rings. The minimum Gasteiger partial charge on any atom is -0.350 e. The molecule has 29 heavy (non-hydrogen) atoms. The second-order valence-electron chi connectivity index (χ2n) is 5.85. The standard InChI is InChI=1S/C14H31B3O8S4/c1-3-9(2)4-19-14-13(23-29-8-17)12(22-28-7-16)11(21-27-6-15)10(20-14)5-26-25-24-18/h9-14,18H,3-8,15-17H2,1-2H3/i15TD,16TD,17TD. The summed E-state index contributed by atoms with van der Waals surface area (Å²) in [5.74, 6) is 0.347. The average molecular weight is 497 g/mol. The monoisotopic (exact) mass is 497 g/mol. The summed E-state index contributed by atoms with van der Waals surface area (Å²) in [6.45, 7) is 4.41. The van der Waals surface area contributed by atoms with Gasteiger partial charge in [0.15, 0.2) is 12.4 Å². The second-order valence-corrected chi connectivity index (χ2v) is 8.84. The Labute approximate surface area is 202 Å². The summed E-state index contributed by atoms with van der Waals surface area (Å²) in [5, 5.41) is 12.1. The predicted molar refractivity (Wildman–Crippen MR) is 129 cm³/mol. The summed E-state index contributed by atoms with van der Waals surface area (Å²) in [5.41, 5.74) is 0.178. The van der Waals surface area contributed by atoms with Crippen LogP contribution in [0.15, 0.2) is 0 Å². The van der Waals surface area contributed by atoms with Gasteiger partial charge >= 0.3 is 0 Å². The Morgan fingerprint density at radius 2 is 1.69 bits per heavy atom. The summed E-state index contributed by atoms with van der Waals surface area (Å²) in [4.78, 5) is 0. The van der Waals surface area contributed by atoms with E-state index < -0.39 is 54.0 Å². The Bertz CT molecular complexity index is 548. The van der Waals surface area contributed by atoms with E-state index in [1.807, 2.05) is 13.8 Å². The van der Waals surface area contributed by atoms with Crippen molar-refractivity contribution in [2.24, 2.45) is 5.92 Å². The van der Waals surface area contributed by atoms with Crippen LogP contribution in [-0.4, -0.2) is 96.6 Å². The summed E-state index contributed by atoms with van der Waals surface area (Å²) in [7, 11) is -3.36. The average Bonchev–Trinajstić information content (AvgIpc) is 2.79. The molecule has 6 unspecified atom stereocenters. The maximum absolute atomic E-state index is 8.49. The first kappa shape index (κ1) is 19.7. The smallest absolute Gasteiger partial charge is 0.188 e. The molecule has 0 radical (unpaired) electrons. The first-order valence-electron chi connectivity index (χ1n) is 12.4. The molecule has 1 N–H and O–H groups in total. The zero-order chi connectivity index (χ0) is 26.2. The van der Waals surface area contributed by atoms with E-state index in [9.17, 15) is 0 Å². The van der Waals surface area contributed by atoms with Gasteiger partial charge in [-0.2, -0.15) is 0 Å². The van der Waals surface area contributed by atoms with E-state index in [2.05, 4.69) is 9.37 Å². The highest BCUT2D eigenvalue weighted by Crippen LogP contribution is 2.35. The highest BCUT2D eigenvalue weighted by molar-refractivity contribution is 7.96. The quantitative estimate of drug-likeness (QED) is 0.0846. The van der Waals surface area contributed by atoms with Crippen LogP contribution in [0, 0.1) is 5.92 Å². The number of rotatable bonds is 20. The van der Waals surface area contributed by atoms with Crippen LogP contribution in [0.5, 0.6) is 0 Å². The summed E-state index contributed by atoms with van der Waals surface area (Å²) in [6.07, 6.45) is -3.31. The molecule has 0 spiro atoms. The van der Waals surface area contributed by atoms with Crippen molar-refractivity contribution in [3.05, 3.63) is 0 Å². The molecule has 0 saturated carbocycles. The van der Waals surface area contributed by atoms with Gasteiger partial charge in [0, 0.05) is 12.0 Å². The summed E-state index contributed by atoms with van der Waals surface area (Å²) < 4.78 is 79.0. The van der Waals surface area contributed by atoms with Crippen molar-refractivity contribution >= 4 is 71.5 Å². The molecule has 1 saturated heterocycles. The molecule has 15 heteroatoms. The third kappa shape index (κ3) is 10.6. The van der Waals surface area contributed by atoms with Crippen molar-refractivity contribution in [2.75, 3.05) is 29.3 Å². The Hall–Kier alpha value is 1.27. The molecule has 6 atom stereocenters. The SMILES string of the molecule is [2H]B([3H])CSOC1C(CSOOO)OC(OCC(C)CC)C(OSCB([2H])[3H])C1OSCB([2H])[3H]. The largest absolute Gasteiger partial charge is 0.350 e. The van der Waals surface area contributed by atoms with Crippen LogP contribution < -0.4 is 0 Å². The molecular weight excluding hydrogens is 457 g/mol. The van der Waals surface area contributed by atoms with Crippen LogP contribution in [0.25, 0.3) is 0 Å². The molecule has 0 bridgehead atoms. The fraction of sp³-hybridized carbons (Fsp3) is 1.00. The third-order valence-corrected chi connectivity index (χ3v) is 5.99. The van der Waals surface area contributed by atoms with Gasteiger partial charge in [0.25, 0.3) is 0 Å². The fourth-order valence-electron chi connectivity index (χ4n) is 2.32. The third-order valence-electron chi connectivity index (χ3n) is 3.89. The first-order chi connectivity index (χ1) is 16.7. The van der Waals surface area contributed by atoms with Gasteiger partial charge in [-0.25, -0.2) is 5.26 Å².